The van der Waals surface area contributed by atoms with Gasteiger partial charge in [-0.25, -0.2) is 8.42 Å². The molecule has 1 aromatic carbocycles. The lowest BCUT2D eigenvalue weighted by atomic mass is 10.2. The molecule has 102 valence electrons. The molecule has 0 aliphatic rings. The van der Waals surface area contributed by atoms with E-state index in [-0.39, 0.29) is 6.04 Å². The number of aryl methyl sites for hydroxylation is 1. The smallest absolute Gasteiger partial charge is 0.236 e. The summed E-state index contributed by atoms with van der Waals surface area (Å²) in [7, 11) is -3.33. The van der Waals surface area contributed by atoms with Crippen LogP contribution in [0.4, 0.5) is 5.69 Å². The Morgan fingerprint density at radius 3 is 2.17 bits per heavy atom. The first-order valence-electron chi connectivity index (χ1n) is 6.13. The van der Waals surface area contributed by atoms with Crippen molar-refractivity contribution in [3.8, 4) is 0 Å². The average Bonchev–Trinajstić information content (AvgIpc) is 2.28. The highest BCUT2D eigenvalue weighted by molar-refractivity contribution is 7.93. The molecule has 0 aliphatic carbocycles. The highest BCUT2D eigenvalue weighted by atomic mass is 32.2. The first-order chi connectivity index (χ1) is 8.31. The fourth-order valence-electron chi connectivity index (χ4n) is 1.40. The van der Waals surface area contributed by atoms with Gasteiger partial charge in [-0.15, -0.1) is 0 Å². The third-order valence-electron chi connectivity index (χ3n) is 2.65. The van der Waals surface area contributed by atoms with E-state index in [1.165, 1.54) is 0 Å². The van der Waals surface area contributed by atoms with E-state index in [9.17, 15) is 8.42 Å². The molecule has 1 aromatic rings. The molecule has 5 heteroatoms. The van der Waals surface area contributed by atoms with Gasteiger partial charge in [-0.2, -0.15) is 0 Å². The molecule has 2 N–H and O–H groups in total. The largest absolute Gasteiger partial charge is 0.313 e. The minimum atomic E-state index is -3.33. The molecule has 0 amide bonds. The van der Waals surface area contributed by atoms with Crippen molar-refractivity contribution < 1.29 is 8.42 Å². The summed E-state index contributed by atoms with van der Waals surface area (Å²) in [5, 5.41) is 2.66. The minimum absolute atomic E-state index is 0.280. The fraction of sp³-hybridized carbons (Fsp3) is 0.538. The van der Waals surface area contributed by atoms with E-state index in [0.29, 0.717) is 12.2 Å². The molecule has 18 heavy (non-hydrogen) atoms. The highest BCUT2D eigenvalue weighted by Crippen LogP contribution is 2.12. The van der Waals surface area contributed by atoms with Gasteiger partial charge in [0, 0.05) is 18.3 Å². The maximum absolute atomic E-state index is 12.0. The Hall–Kier alpha value is -1.07. The van der Waals surface area contributed by atoms with Crippen LogP contribution < -0.4 is 10.0 Å². The van der Waals surface area contributed by atoms with Crippen molar-refractivity contribution in [3.63, 3.8) is 0 Å². The van der Waals surface area contributed by atoms with Crippen molar-refractivity contribution in [3.05, 3.63) is 29.8 Å². The lowest BCUT2D eigenvalue weighted by Crippen LogP contribution is -2.37. The van der Waals surface area contributed by atoms with Gasteiger partial charge in [-0.05, 0) is 26.0 Å². The van der Waals surface area contributed by atoms with Gasteiger partial charge < -0.3 is 5.32 Å². The molecule has 4 nitrogen and oxygen atoms in total. The molecule has 0 saturated heterocycles. The maximum atomic E-state index is 12.0. The Morgan fingerprint density at radius 2 is 1.67 bits per heavy atom. The van der Waals surface area contributed by atoms with Crippen molar-refractivity contribution in [1.82, 2.24) is 5.32 Å². The van der Waals surface area contributed by atoms with Gasteiger partial charge in [-0.1, -0.05) is 31.5 Å². The van der Waals surface area contributed by atoms with Crippen LogP contribution in [0.5, 0.6) is 0 Å². The van der Waals surface area contributed by atoms with Gasteiger partial charge in [0.25, 0.3) is 0 Å². The van der Waals surface area contributed by atoms with Crippen LogP contribution in [-0.2, 0) is 10.0 Å². The monoisotopic (exact) mass is 270 g/mol. The van der Waals surface area contributed by atoms with Crippen molar-refractivity contribution in [2.75, 3.05) is 11.3 Å². The number of sulfonamides is 1. The van der Waals surface area contributed by atoms with E-state index in [1.807, 2.05) is 32.9 Å². The quantitative estimate of drug-likeness (QED) is 0.832. The highest BCUT2D eigenvalue weighted by Gasteiger charge is 2.20. The van der Waals surface area contributed by atoms with Crippen LogP contribution in [0.15, 0.2) is 24.3 Å². The summed E-state index contributed by atoms with van der Waals surface area (Å²) in [5.41, 5.74) is 1.71. The number of hydrogen-bond acceptors (Lipinski definition) is 3. The number of rotatable bonds is 6. The topological polar surface area (TPSA) is 58.2 Å². The molecule has 1 rings (SSSR count). The second-order valence-corrected chi connectivity index (χ2v) is 6.99. The lowest BCUT2D eigenvalue weighted by molar-refractivity contribution is 0.553. The van der Waals surface area contributed by atoms with Crippen LogP contribution in [0.25, 0.3) is 0 Å². The Labute approximate surface area is 110 Å². The summed E-state index contributed by atoms with van der Waals surface area (Å²) < 4.78 is 26.7. The standard InChI is InChI=1S/C13H22N2O2S/c1-10(2)14-9-12(4)18(16,17)15-13-7-5-11(3)6-8-13/h5-8,10,12,14-15H,9H2,1-4H3. The molecule has 1 unspecified atom stereocenters. The maximum Gasteiger partial charge on any atom is 0.236 e. The summed E-state index contributed by atoms with van der Waals surface area (Å²) in [6.07, 6.45) is 0. The Morgan fingerprint density at radius 1 is 1.11 bits per heavy atom. The summed E-state index contributed by atoms with van der Waals surface area (Å²) >= 11 is 0. The number of anilines is 1. The summed E-state index contributed by atoms with van der Waals surface area (Å²) in [6.45, 7) is 8.09. The number of nitrogens with one attached hydrogen (secondary N) is 2. The predicted molar refractivity (Wildman–Crippen MR) is 76.3 cm³/mol. The molecular formula is C13H22N2O2S. The molecule has 0 aliphatic heterocycles. The lowest BCUT2D eigenvalue weighted by Gasteiger charge is -2.17. The summed E-state index contributed by atoms with van der Waals surface area (Å²) in [6, 6.07) is 7.59. The van der Waals surface area contributed by atoms with E-state index >= 15 is 0 Å². The van der Waals surface area contributed by atoms with Crippen LogP contribution in [0.3, 0.4) is 0 Å². The Bertz CT molecular complexity index is 466. The van der Waals surface area contributed by atoms with Crippen LogP contribution in [0, 0.1) is 6.92 Å². The predicted octanol–water partition coefficient (Wildman–Crippen LogP) is 2.12. The number of hydrogen-bond donors (Lipinski definition) is 2. The van der Waals surface area contributed by atoms with E-state index in [4.69, 9.17) is 0 Å². The van der Waals surface area contributed by atoms with Gasteiger partial charge in [0.05, 0.1) is 5.25 Å². The SMILES string of the molecule is Cc1ccc(NS(=O)(=O)C(C)CNC(C)C)cc1. The first-order valence-corrected chi connectivity index (χ1v) is 7.67. The zero-order chi connectivity index (χ0) is 13.8. The average molecular weight is 270 g/mol. The van der Waals surface area contributed by atoms with E-state index < -0.39 is 15.3 Å². The molecule has 0 bridgehead atoms. The van der Waals surface area contributed by atoms with Crippen LogP contribution in [0.1, 0.15) is 26.3 Å². The zero-order valence-corrected chi connectivity index (χ0v) is 12.2. The molecule has 0 aromatic heterocycles. The molecule has 0 heterocycles. The summed E-state index contributed by atoms with van der Waals surface area (Å²) in [4.78, 5) is 0. The minimum Gasteiger partial charge on any atom is -0.313 e. The fourth-order valence-corrected chi connectivity index (χ4v) is 2.38. The van der Waals surface area contributed by atoms with Crippen LogP contribution in [0.2, 0.25) is 0 Å². The number of benzene rings is 1. The molecule has 1 atom stereocenters. The molecular weight excluding hydrogens is 248 g/mol. The van der Waals surface area contributed by atoms with Gasteiger partial charge in [0.1, 0.15) is 0 Å². The molecule has 0 fully saturated rings. The normalized spacial score (nSPS) is 13.6. The first kappa shape index (κ1) is 15.0. The third-order valence-corrected chi connectivity index (χ3v) is 4.40. The molecule has 0 saturated carbocycles. The van der Waals surface area contributed by atoms with Gasteiger partial charge >= 0.3 is 0 Å². The van der Waals surface area contributed by atoms with E-state index in [0.717, 1.165) is 5.56 Å². The third kappa shape index (κ3) is 4.66. The van der Waals surface area contributed by atoms with E-state index in [1.54, 1.807) is 19.1 Å². The van der Waals surface area contributed by atoms with Crippen molar-refractivity contribution in [1.29, 1.82) is 0 Å². The van der Waals surface area contributed by atoms with Gasteiger partial charge in [0.2, 0.25) is 10.0 Å². The second-order valence-electron chi connectivity index (χ2n) is 4.89. The van der Waals surface area contributed by atoms with Crippen molar-refractivity contribution in [2.24, 2.45) is 0 Å². The summed E-state index contributed by atoms with van der Waals surface area (Å²) in [5.74, 6) is 0. The van der Waals surface area contributed by atoms with E-state index in [2.05, 4.69) is 10.0 Å². The van der Waals surface area contributed by atoms with Gasteiger partial charge in [0.15, 0.2) is 0 Å². The second kappa shape index (κ2) is 6.20. The van der Waals surface area contributed by atoms with Crippen molar-refractivity contribution in [2.45, 2.75) is 39.0 Å². The molecule has 0 spiro atoms. The van der Waals surface area contributed by atoms with Crippen LogP contribution >= 0.6 is 0 Å². The zero-order valence-electron chi connectivity index (χ0n) is 11.4. The van der Waals surface area contributed by atoms with Gasteiger partial charge in [-0.3, -0.25) is 4.72 Å². The van der Waals surface area contributed by atoms with Crippen molar-refractivity contribution >= 4 is 15.7 Å². The molecule has 0 radical (unpaired) electrons. The van der Waals surface area contributed by atoms with Crippen LogP contribution in [-0.4, -0.2) is 26.3 Å². The Kier molecular flexibility index (Phi) is 5.16. The Balaban J connectivity index is 2.66.